The maximum atomic E-state index is 14.4. The molecule has 0 heterocycles. The van der Waals surface area contributed by atoms with E-state index in [0.717, 1.165) is 11.6 Å². The number of halogens is 2. The fourth-order valence-electron chi connectivity index (χ4n) is 2.77. The molecular weight excluding hydrogens is 374 g/mol. The van der Waals surface area contributed by atoms with Crippen molar-refractivity contribution in [1.82, 2.24) is 5.32 Å². The van der Waals surface area contributed by atoms with E-state index in [0.29, 0.717) is 11.1 Å². The van der Waals surface area contributed by atoms with Crippen molar-refractivity contribution in [2.75, 3.05) is 5.32 Å². The molecule has 0 saturated carbocycles. The van der Waals surface area contributed by atoms with Gasteiger partial charge in [-0.25, -0.2) is 8.78 Å². The Morgan fingerprint density at radius 3 is 2.31 bits per heavy atom. The van der Waals surface area contributed by atoms with Gasteiger partial charge >= 0.3 is 0 Å². The Balaban J connectivity index is 1.82. The van der Waals surface area contributed by atoms with Gasteiger partial charge in [-0.2, -0.15) is 0 Å². The molecule has 3 aromatic carbocycles. The van der Waals surface area contributed by atoms with Gasteiger partial charge in [-0.05, 0) is 35.4 Å². The van der Waals surface area contributed by atoms with E-state index in [1.165, 1.54) is 12.1 Å². The number of carbonyl (C=O) groups is 2. The zero-order chi connectivity index (χ0) is 20.8. The van der Waals surface area contributed by atoms with Gasteiger partial charge in [0.05, 0.1) is 5.69 Å². The lowest BCUT2D eigenvalue weighted by Gasteiger charge is -2.13. The molecule has 0 aliphatic heterocycles. The summed E-state index contributed by atoms with van der Waals surface area (Å²) >= 11 is 0. The zero-order valence-corrected chi connectivity index (χ0v) is 15.4. The molecule has 146 valence electrons. The van der Waals surface area contributed by atoms with Crippen LogP contribution in [0, 0.1) is 11.6 Å². The molecule has 29 heavy (non-hydrogen) atoms. The van der Waals surface area contributed by atoms with Gasteiger partial charge in [0, 0.05) is 23.7 Å². The third-order valence-electron chi connectivity index (χ3n) is 4.25. The van der Waals surface area contributed by atoms with Crippen LogP contribution in [0.15, 0.2) is 79.4 Å². The number of anilines is 1. The molecule has 0 saturated heterocycles. The van der Waals surface area contributed by atoms with Crippen LogP contribution in [0.5, 0.6) is 0 Å². The van der Waals surface area contributed by atoms with Crippen LogP contribution in [0.1, 0.15) is 15.9 Å². The molecule has 3 rings (SSSR count). The van der Waals surface area contributed by atoms with Gasteiger partial charge in [0.2, 0.25) is 5.91 Å². The summed E-state index contributed by atoms with van der Waals surface area (Å²) in [5, 5.41) is 5.17. The van der Waals surface area contributed by atoms with Crippen LogP contribution in [0.3, 0.4) is 0 Å². The smallest absolute Gasteiger partial charge is 0.255 e. The predicted molar refractivity (Wildman–Crippen MR) is 108 cm³/mol. The van der Waals surface area contributed by atoms with Crippen molar-refractivity contribution in [3.05, 3.63) is 102 Å². The second-order valence-corrected chi connectivity index (χ2v) is 6.25. The Morgan fingerprint density at radius 1 is 0.966 bits per heavy atom. The van der Waals surface area contributed by atoms with E-state index in [-0.39, 0.29) is 23.7 Å². The highest BCUT2D eigenvalue weighted by molar-refractivity contribution is 6.06. The molecule has 4 nitrogen and oxygen atoms in total. The first-order chi connectivity index (χ1) is 14.0. The van der Waals surface area contributed by atoms with Crippen LogP contribution < -0.4 is 10.6 Å². The van der Waals surface area contributed by atoms with E-state index in [4.69, 9.17) is 0 Å². The lowest BCUT2D eigenvalue weighted by Crippen LogP contribution is -2.20. The largest absolute Gasteiger partial charge is 0.348 e. The summed E-state index contributed by atoms with van der Waals surface area (Å²) in [5.74, 6) is -2.42. The van der Waals surface area contributed by atoms with E-state index in [1.807, 2.05) is 0 Å². The van der Waals surface area contributed by atoms with E-state index >= 15 is 0 Å². The van der Waals surface area contributed by atoms with Crippen molar-refractivity contribution >= 4 is 17.5 Å². The second kappa shape index (κ2) is 8.93. The summed E-state index contributed by atoms with van der Waals surface area (Å²) in [6.07, 6.45) is 1.17. The standard InChI is InChI=1S/C23H18F2N2O2/c1-2-21(28)26-14-15-8-10-17(11-9-15)23(29)27-22-19(12-18(24)13-20(22)25)16-6-4-3-5-7-16/h2-13H,1,14H2,(H,26,28)(H,27,29). The van der Waals surface area contributed by atoms with Crippen LogP contribution >= 0.6 is 0 Å². The Hall–Kier alpha value is -3.80. The minimum Gasteiger partial charge on any atom is -0.348 e. The van der Waals surface area contributed by atoms with Crippen molar-refractivity contribution in [3.63, 3.8) is 0 Å². The molecule has 2 amide bonds. The van der Waals surface area contributed by atoms with E-state index in [2.05, 4.69) is 17.2 Å². The molecule has 0 spiro atoms. The Labute approximate surface area is 166 Å². The first-order valence-corrected chi connectivity index (χ1v) is 8.83. The summed E-state index contributed by atoms with van der Waals surface area (Å²) in [7, 11) is 0. The number of nitrogens with one attached hydrogen (secondary N) is 2. The molecule has 0 fully saturated rings. The van der Waals surface area contributed by atoms with Crippen molar-refractivity contribution < 1.29 is 18.4 Å². The molecule has 0 unspecified atom stereocenters. The number of amides is 2. The van der Waals surface area contributed by atoms with Crippen LogP contribution in [-0.2, 0) is 11.3 Å². The molecule has 0 atom stereocenters. The molecule has 3 aromatic rings. The Morgan fingerprint density at radius 2 is 1.66 bits per heavy atom. The molecule has 6 heteroatoms. The van der Waals surface area contributed by atoms with Crippen LogP contribution in [0.2, 0.25) is 0 Å². The topological polar surface area (TPSA) is 58.2 Å². The van der Waals surface area contributed by atoms with Crippen molar-refractivity contribution in [2.45, 2.75) is 6.54 Å². The lowest BCUT2D eigenvalue weighted by atomic mass is 10.0. The highest BCUT2D eigenvalue weighted by Gasteiger charge is 2.16. The summed E-state index contributed by atoms with van der Waals surface area (Å²) in [6, 6.07) is 17.1. The Kier molecular flexibility index (Phi) is 6.14. The average Bonchev–Trinajstić information content (AvgIpc) is 2.74. The molecule has 0 bridgehead atoms. The lowest BCUT2D eigenvalue weighted by molar-refractivity contribution is -0.116. The number of hydrogen-bond acceptors (Lipinski definition) is 2. The average molecular weight is 392 g/mol. The SMILES string of the molecule is C=CC(=O)NCc1ccc(C(=O)Nc2c(F)cc(F)cc2-c2ccccc2)cc1. The summed E-state index contributed by atoms with van der Waals surface area (Å²) in [4.78, 5) is 23.8. The van der Waals surface area contributed by atoms with Crippen LogP contribution in [0.25, 0.3) is 11.1 Å². The normalized spacial score (nSPS) is 10.3. The highest BCUT2D eigenvalue weighted by Crippen LogP contribution is 2.31. The molecule has 0 radical (unpaired) electrons. The first-order valence-electron chi connectivity index (χ1n) is 8.83. The monoisotopic (exact) mass is 392 g/mol. The first kappa shape index (κ1) is 19.9. The van der Waals surface area contributed by atoms with Gasteiger partial charge in [-0.1, -0.05) is 49.0 Å². The maximum Gasteiger partial charge on any atom is 0.255 e. The predicted octanol–water partition coefficient (Wildman–Crippen LogP) is 4.69. The highest BCUT2D eigenvalue weighted by atomic mass is 19.1. The van der Waals surface area contributed by atoms with Gasteiger partial charge < -0.3 is 10.6 Å². The third kappa shape index (κ3) is 4.93. The summed E-state index contributed by atoms with van der Waals surface area (Å²) in [5.41, 5.74) is 1.82. The Bertz CT molecular complexity index is 1050. The van der Waals surface area contributed by atoms with Gasteiger partial charge in [0.25, 0.3) is 5.91 Å². The zero-order valence-electron chi connectivity index (χ0n) is 15.4. The molecule has 0 aromatic heterocycles. The summed E-state index contributed by atoms with van der Waals surface area (Å²) < 4.78 is 28.2. The van der Waals surface area contributed by atoms with Crippen molar-refractivity contribution in [1.29, 1.82) is 0 Å². The van der Waals surface area contributed by atoms with E-state index < -0.39 is 17.5 Å². The molecular formula is C23H18F2N2O2. The minimum absolute atomic E-state index is 0.0927. The minimum atomic E-state index is -0.860. The van der Waals surface area contributed by atoms with Gasteiger partial charge in [0.1, 0.15) is 11.6 Å². The quantitative estimate of drug-likeness (QED) is 0.598. The van der Waals surface area contributed by atoms with Crippen molar-refractivity contribution in [3.8, 4) is 11.1 Å². The maximum absolute atomic E-state index is 14.4. The molecule has 0 aliphatic rings. The van der Waals surface area contributed by atoms with Gasteiger partial charge in [0.15, 0.2) is 0 Å². The van der Waals surface area contributed by atoms with Gasteiger partial charge in [-0.3, -0.25) is 9.59 Å². The van der Waals surface area contributed by atoms with Crippen LogP contribution in [-0.4, -0.2) is 11.8 Å². The number of rotatable bonds is 6. The van der Waals surface area contributed by atoms with Gasteiger partial charge in [-0.15, -0.1) is 0 Å². The van der Waals surface area contributed by atoms with E-state index in [9.17, 15) is 18.4 Å². The molecule has 2 N–H and O–H groups in total. The van der Waals surface area contributed by atoms with E-state index in [1.54, 1.807) is 54.6 Å². The number of hydrogen-bond donors (Lipinski definition) is 2. The summed E-state index contributed by atoms with van der Waals surface area (Å²) in [6.45, 7) is 3.66. The fourth-order valence-corrected chi connectivity index (χ4v) is 2.77. The molecule has 0 aliphatic carbocycles. The fraction of sp³-hybridized carbons (Fsp3) is 0.0435. The third-order valence-corrected chi connectivity index (χ3v) is 4.25. The number of carbonyl (C=O) groups excluding carboxylic acids is 2. The number of benzene rings is 3. The van der Waals surface area contributed by atoms with Crippen LogP contribution in [0.4, 0.5) is 14.5 Å². The van der Waals surface area contributed by atoms with Crippen molar-refractivity contribution in [2.24, 2.45) is 0 Å². The second-order valence-electron chi connectivity index (χ2n) is 6.25.